The molecule has 3 rings (SSSR count). The molecule has 184 valence electrons. The zero-order chi connectivity index (χ0) is 25.1. The molecule has 1 aliphatic heterocycles. The molecule has 0 radical (unpaired) electrons. The van der Waals surface area contributed by atoms with E-state index < -0.39 is 46.9 Å². The number of nitrogens with one attached hydrogen (secondary N) is 2. The van der Waals surface area contributed by atoms with E-state index in [0.717, 1.165) is 0 Å². The lowest BCUT2D eigenvalue weighted by molar-refractivity contribution is -0.144. The summed E-state index contributed by atoms with van der Waals surface area (Å²) in [6.07, 6.45) is -0.0229. The fourth-order valence-corrected chi connectivity index (χ4v) is 5.02. The fourth-order valence-electron chi connectivity index (χ4n) is 5.02. The summed E-state index contributed by atoms with van der Waals surface area (Å²) in [5.74, 6) is -2.92. The average molecular weight is 465 g/mol. The molecule has 3 aliphatic rings. The van der Waals surface area contributed by atoms with E-state index in [2.05, 4.69) is 10.6 Å². The Kier molecular flexibility index (Phi) is 6.05. The Bertz CT molecular complexity index is 886. The van der Waals surface area contributed by atoms with Crippen LogP contribution in [0.5, 0.6) is 0 Å². The molecular formula is C23H36N4O6. The highest BCUT2D eigenvalue weighted by Gasteiger charge is 2.70. The number of rotatable bonds is 7. The SMILES string of the molecule is CC(C)C(NC(=O)OC(C)(C)C)C(=O)N1CC2C(C1C(=O)NC1(C(=O)C(N)=O)CC1)C2(C)C. The van der Waals surface area contributed by atoms with Crippen LogP contribution < -0.4 is 16.4 Å². The van der Waals surface area contributed by atoms with Crippen LogP contribution in [0.25, 0.3) is 0 Å². The highest BCUT2D eigenvalue weighted by molar-refractivity contribution is 6.40. The molecule has 33 heavy (non-hydrogen) atoms. The fraction of sp³-hybridized carbons (Fsp3) is 0.783. The Morgan fingerprint density at radius 1 is 1.09 bits per heavy atom. The van der Waals surface area contributed by atoms with Crippen LogP contribution in [0.2, 0.25) is 0 Å². The van der Waals surface area contributed by atoms with Crippen molar-refractivity contribution < 1.29 is 28.7 Å². The maximum Gasteiger partial charge on any atom is 0.408 e. The van der Waals surface area contributed by atoms with E-state index in [-0.39, 0.29) is 29.1 Å². The van der Waals surface area contributed by atoms with Gasteiger partial charge in [0.25, 0.3) is 5.91 Å². The maximum absolute atomic E-state index is 13.5. The van der Waals surface area contributed by atoms with Gasteiger partial charge >= 0.3 is 6.09 Å². The summed E-state index contributed by atoms with van der Waals surface area (Å²) in [4.78, 5) is 64.4. The standard InChI is InChI=1S/C23H36N4O6/c1-11(2)14(25-20(32)33-21(3,4)5)19(31)27-10-12-13(22(12,6)7)15(27)18(30)26-23(8-9-23)16(28)17(24)29/h11-15H,8-10H2,1-7H3,(H2,24,29)(H,25,32)(H,26,30). The largest absolute Gasteiger partial charge is 0.444 e. The second-order valence-electron chi connectivity index (χ2n) is 11.5. The highest BCUT2D eigenvalue weighted by atomic mass is 16.6. The van der Waals surface area contributed by atoms with Gasteiger partial charge in [-0.05, 0) is 56.8 Å². The zero-order valence-electron chi connectivity index (χ0n) is 20.5. The minimum atomic E-state index is -1.26. The van der Waals surface area contributed by atoms with Crippen molar-refractivity contribution in [1.82, 2.24) is 15.5 Å². The quantitative estimate of drug-likeness (QED) is 0.473. The molecule has 1 heterocycles. The van der Waals surface area contributed by atoms with Crippen LogP contribution in [0.3, 0.4) is 0 Å². The molecule has 0 aromatic rings. The van der Waals surface area contributed by atoms with Crippen LogP contribution in [0.1, 0.15) is 61.3 Å². The van der Waals surface area contributed by atoms with Gasteiger partial charge < -0.3 is 26.0 Å². The molecule has 0 spiro atoms. The van der Waals surface area contributed by atoms with Gasteiger partial charge in [0.2, 0.25) is 17.6 Å². The summed E-state index contributed by atoms with van der Waals surface area (Å²) >= 11 is 0. The number of nitrogens with two attached hydrogens (primary N) is 1. The van der Waals surface area contributed by atoms with Crippen molar-refractivity contribution in [3.05, 3.63) is 0 Å². The Hall–Kier alpha value is -2.65. The van der Waals surface area contributed by atoms with E-state index in [1.54, 1.807) is 34.6 Å². The number of alkyl carbamates (subject to hydrolysis) is 1. The summed E-state index contributed by atoms with van der Waals surface area (Å²) in [6.45, 7) is 13.3. The predicted molar refractivity (Wildman–Crippen MR) is 119 cm³/mol. The number of primary amides is 1. The first-order valence-electron chi connectivity index (χ1n) is 11.5. The predicted octanol–water partition coefficient (Wildman–Crippen LogP) is 0.722. The van der Waals surface area contributed by atoms with E-state index >= 15 is 0 Å². The molecule has 2 aliphatic carbocycles. The summed E-state index contributed by atoms with van der Waals surface area (Å²) in [7, 11) is 0. The Labute approximate surface area is 194 Å². The van der Waals surface area contributed by atoms with E-state index in [0.29, 0.717) is 19.4 Å². The summed E-state index contributed by atoms with van der Waals surface area (Å²) in [6, 6.07) is -1.67. The molecule has 2 saturated carbocycles. The number of fused-ring (bicyclic) bond motifs is 1. The van der Waals surface area contributed by atoms with Crippen LogP contribution in [0.4, 0.5) is 4.79 Å². The van der Waals surface area contributed by atoms with Crippen LogP contribution in [-0.2, 0) is 23.9 Å². The molecule has 4 atom stereocenters. The maximum atomic E-state index is 13.5. The normalized spacial score (nSPS) is 27.3. The number of hydrogen-bond donors (Lipinski definition) is 3. The lowest BCUT2D eigenvalue weighted by Gasteiger charge is -2.35. The van der Waals surface area contributed by atoms with Gasteiger partial charge in [0.05, 0.1) is 0 Å². The van der Waals surface area contributed by atoms with Crippen molar-refractivity contribution in [1.29, 1.82) is 0 Å². The molecule has 1 saturated heterocycles. The van der Waals surface area contributed by atoms with Gasteiger partial charge in [-0.25, -0.2) is 4.79 Å². The van der Waals surface area contributed by atoms with Crippen molar-refractivity contribution in [2.24, 2.45) is 28.9 Å². The Balaban J connectivity index is 1.80. The zero-order valence-corrected chi connectivity index (χ0v) is 20.5. The first-order valence-corrected chi connectivity index (χ1v) is 11.5. The van der Waals surface area contributed by atoms with Gasteiger partial charge in [-0.1, -0.05) is 27.7 Å². The van der Waals surface area contributed by atoms with Crippen molar-refractivity contribution in [2.45, 2.75) is 84.5 Å². The number of likely N-dealkylation sites (tertiary alicyclic amines) is 1. The second-order valence-corrected chi connectivity index (χ2v) is 11.5. The number of ketones is 1. The topological polar surface area (TPSA) is 148 Å². The number of piperidine rings is 1. The molecule has 0 aromatic heterocycles. The third-order valence-corrected chi connectivity index (χ3v) is 7.14. The molecule has 3 fully saturated rings. The number of hydrogen-bond acceptors (Lipinski definition) is 6. The molecule has 4 N–H and O–H groups in total. The Morgan fingerprint density at radius 2 is 1.67 bits per heavy atom. The number of Topliss-reactive ketones (excluding diaryl/α,β-unsaturated/α-hetero) is 1. The summed E-state index contributed by atoms with van der Waals surface area (Å²) < 4.78 is 5.31. The van der Waals surface area contributed by atoms with E-state index in [1.807, 2.05) is 13.8 Å². The minimum Gasteiger partial charge on any atom is -0.444 e. The van der Waals surface area contributed by atoms with Gasteiger partial charge in [0.1, 0.15) is 23.2 Å². The summed E-state index contributed by atoms with van der Waals surface area (Å²) in [5, 5.41) is 5.37. The van der Waals surface area contributed by atoms with Gasteiger partial charge in [-0.3, -0.25) is 19.2 Å². The molecule has 4 unspecified atom stereocenters. The van der Waals surface area contributed by atoms with Crippen molar-refractivity contribution in [3.63, 3.8) is 0 Å². The smallest absolute Gasteiger partial charge is 0.408 e. The van der Waals surface area contributed by atoms with Crippen LogP contribution in [0, 0.1) is 23.2 Å². The highest BCUT2D eigenvalue weighted by Crippen LogP contribution is 2.65. The molecule has 10 nitrogen and oxygen atoms in total. The lowest BCUT2D eigenvalue weighted by atomic mass is 9.97. The van der Waals surface area contributed by atoms with E-state index in [9.17, 15) is 24.0 Å². The number of amides is 4. The van der Waals surface area contributed by atoms with Gasteiger partial charge in [-0.15, -0.1) is 0 Å². The molecule has 4 amide bonds. The molecule has 0 aromatic carbocycles. The van der Waals surface area contributed by atoms with E-state index in [1.165, 1.54) is 4.90 Å². The van der Waals surface area contributed by atoms with Gasteiger partial charge in [0, 0.05) is 6.54 Å². The first-order chi connectivity index (χ1) is 15.0. The average Bonchev–Trinajstić information content (AvgIpc) is 3.47. The van der Waals surface area contributed by atoms with Crippen LogP contribution >= 0.6 is 0 Å². The van der Waals surface area contributed by atoms with Crippen LogP contribution in [-0.4, -0.2) is 64.3 Å². The first kappa shape index (κ1) is 25.0. The molecular weight excluding hydrogens is 428 g/mol. The molecule has 0 bridgehead atoms. The summed E-state index contributed by atoms with van der Waals surface area (Å²) in [5.41, 5.74) is 3.04. The second kappa shape index (κ2) is 7.99. The third kappa shape index (κ3) is 4.70. The molecule has 10 heteroatoms. The number of nitrogens with zero attached hydrogens (tertiary/aromatic N) is 1. The van der Waals surface area contributed by atoms with Crippen molar-refractivity contribution >= 4 is 29.6 Å². The van der Waals surface area contributed by atoms with Crippen molar-refractivity contribution in [3.8, 4) is 0 Å². The minimum absolute atomic E-state index is 0.0738. The van der Waals surface area contributed by atoms with Gasteiger partial charge in [-0.2, -0.15) is 0 Å². The van der Waals surface area contributed by atoms with Crippen molar-refractivity contribution in [2.75, 3.05) is 6.54 Å². The van der Waals surface area contributed by atoms with Crippen LogP contribution in [0.15, 0.2) is 0 Å². The third-order valence-electron chi connectivity index (χ3n) is 7.14. The number of carbonyl (C=O) groups excluding carboxylic acids is 5. The Morgan fingerprint density at radius 3 is 2.12 bits per heavy atom. The van der Waals surface area contributed by atoms with E-state index in [4.69, 9.17) is 10.5 Å². The number of carbonyl (C=O) groups is 5. The van der Waals surface area contributed by atoms with Gasteiger partial charge in [0.15, 0.2) is 0 Å². The monoisotopic (exact) mass is 464 g/mol. The lowest BCUT2D eigenvalue weighted by Crippen LogP contribution is -2.59. The number of ether oxygens (including phenoxy) is 1.